The monoisotopic (exact) mass is 469 g/mol. The molecule has 2 saturated heterocycles. The van der Waals surface area contributed by atoms with Crippen LogP contribution in [0.2, 0.25) is 0 Å². The lowest BCUT2D eigenvalue weighted by Gasteiger charge is -2.50. The minimum Gasteiger partial charge on any atom is -0.479 e. The number of nitrogens with one attached hydrogen (secondary N) is 1. The molecule has 1 amide bonds. The van der Waals surface area contributed by atoms with Crippen molar-refractivity contribution in [3.8, 4) is 0 Å². The van der Waals surface area contributed by atoms with Gasteiger partial charge in [0.15, 0.2) is 11.9 Å². The summed E-state index contributed by atoms with van der Waals surface area (Å²) < 4.78 is 10.5. The maximum Gasteiger partial charge on any atom is 0.336 e. The van der Waals surface area contributed by atoms with Crippen molar-refractivity contribution < 1.29 is 65.0 Å². The van der Waals surface area contributed by atoms with Gasteiger partial charge in [-0.05, 0) is 6.42 Å². The summed E-state index contributed by atoms with van der Waals surface area (Å²) in [6.07, 6.45) is -15.1. The minimum absolute atomic E-state index is 0.652. The Morgan fingerprint density at radius 2 is 1.75 bits per heavy atom. The lowest BCUT2D eigenvalue weighted by atomic mass is 9.74. The fourth-order valence-electron chi connectivity index (χ4n) is 4.25. The Balaban J connectivity index is 2.42. The Morgan fingerprint density at radius 3 is 2.25 bits per heavy atom. The zero-order valence-corrected chi connectivity index (χ0v) is 17.3. The molecule has 0 aliphatic carbocycles. The Hall–Kier alpha value is -1.46. The van der Waals surface area contributed by atoms with Crippen molar-refractivity contribution in [2.75, 3.05) is 13.2 Å². The quantitative estimate of drug-likeness (QED) is 0.160. The maximum absolute atomic E-state index is 12.3. The van der Waals surface area contributed by atoms with Gasteiger partial charge < -0.3 is 60.7 Å². The highest BCUT2D eigenvalue weighted by atomic mass is 16.6. The van der Waals surface area contributed by atoms with Crippen LogP contribution in [-0.2, 0) is 19.1 Å². The smallest absolute Gasteiger partial charge is 0.336 e. The van der Waals surface area contributed by atoms with E-state index >= 15 is 0 Å². The number of hydrogen-bond donors (Lipinski definition) is 10. The Kier molecular flexibility index (Phi) is 8.91. The molecule has 2 fully saturated rings. The number of carbonyl (C=O) groups is 2. The number of aliphatic hydroxyl groups is 8. The second-order valence-electron chi connectivity index (χ2n) is 8.22. The fourth-order valence-corrected chi connectivity index (χ4v) is 4.25. The largest absolute Gasteiger partial charge is 0.479 e. The van der Waals surface area contributed by atoms with Crippen LogP contribution >= 0.6 is 0 Å². The molecule has 0 spiro atoms. The molecule has 0 saturated carbocycles. The standard InChI is InChI=1S/C18H31NO13/c1-6(22)19-11-8(23)3-18(17(29)30,32-15(11)14(27)9(24)4-20)2-7-12(25)10(5-21)31-16(28)13(7)26/h7-16,20-21,23-28H,2-5H2,1H3,(H,19,22)(H,29,30)/t7-,8-,9+,10+,11+,12+,13+,14-,15+,16?,18+/m0/s1. The lowest BCUT2D eigenvalue weighted by Crippen LogP contribution is -2.68. The molecular formula is C18H31NO13. The van der Waals surface area contributed by atoms with E-state index in [1.807, 2.05) is 0 Å². The van der Waals surface area contributed by atoms with Crippen molar-refractivity contribution >= 4 is 11.9 Å². The van der Waals surface area contributed by atoms with E-state index in [9.17, 15) is 50.4 Å². The van der Waals surface area contributed by atoms with E-state index in [0.29, 0.717) is 0 Å². The van der Waals surface area contributed by atoms with Crippen molar-refractivity contribution in [1.29, 1.82) is 0 Å². The maximum atomic E-state index is 12.3. The number of hydrogen-bond acceptors (Lipinski definition) is 12. The molecule has 14 heteroatoms. The summed E-state index contributed by atoms with van der Waals surface area (Å²) in [4.78, 5) is 23.8. The van der Waals surface area contributed by atoms with Crippen LogP contribution in [0.4, 0.5) is 0 Å². The number of aliphatic carboxylic acids is 1. The number of carbonyl (C=O) groups excluding carboxylic acids is 1. The second kappa shape index (κ2) is 10.6. The van der Waals surface area contributed by atoms with Gasteiger partial charge in [-0.25, -0.2) is 4.79 Å². The number of amides is 1. The zero-order chi connectivity index (χ0) is 24.4. The van der Waals surface area contributed by atoms with E-state index in [0.717, 1.165) is 6.92 Å². The molecule has 10 N–H and O–H groups in total. The summed E-state index contributed by atoms with van der Waals surface area (Å²) >= 11 is 0. The molecule has 2 heterocycles. The molecule has 14 nitrogen and oxygen atoms in total. The topological polar surface area (TPSA) is 247 Å². The van der Waals surface area contributed by atoms with Crippen LogP contribution in [0.5, 0.6) is 0 Å². The summed E-state index contributed by atoms with van der Waals surface area (Å²) in [6.45, 7) is -0.589. The molecule has 11 atom stereocenters. The van der Waals surface area contributed by atoms with E-state index in [4.69, 9.17) is 14.6 Å². The molecule has 2 rings (SSSR count). The number of carboxylic acid groups (broad SMARTS) is 1. The van der Waals surface area contributed by atoms with Crippen LogP contribution in [-0.4, -0.2) is 132 Å². The molecule has 186 valence electrons. The van der Waals surface area contributed by atoms with E-state index in [1.54, 1.807) is 0 Å². The number of carboxylic acids is 1. The first-order valence-electron chi connectivity index (χ1n) is 10.0. The summed E-state index contributed by atoms with van der Waals surface area (Å²) in [6, 6.07) is -1.36. The van der Waals surface area contributed by atoms with Gasteiger partial charge in [0.2, 0.25) is 5.91 Å². The Morgan fingerprint density at radius 1 is 1.12 bits per heavy atom. The van der Waals surface area contributed by atoms with E-state index < -0.39 is 105 Å². The molecule has 0 bridgehead atoms. The van der Waals surface area contributed by atoms with Gasteiger partial charge in [-0.1, -0.05) is 0 Å². The number of ether oxygens (including phenoxy) is 2. The fraction of sp³-hybridized carbons (Fsp3) is 0.889. The highest BCUT2D eigenvalue weighted by Gasteiger charge is 2.57. The van der Waals surface area contributed by atoms with Gasteiger partial charge in [0.05, 0.1) is 31.5 Å². The number of rotatable bonds is 8. The minimum atomic E-state index is -2.36. The predicted octanol–water partition coefficient (Wildman–Crippen LogP) is -5.38. The highest BCUT2D eigenvalue weighted by Crippen LogP contribution is 2.40. The van der Waals surface area contributed by atoms with Crippen molar-refractivity contribution in [3.63, 3.8) is 0 Å². The average Bonchev–Trinajstić information content (AvgIpc) is 2.73. The molecule has 0 aromatic rings. The van der Waals surface area contributed by atoms with Crippen molar-refractivity contribution in [1.82, 2.24) is 5.32 Å². The average molecular weight is 469 g/mol. The van der Waals surface area contributed by atoms with Crippen LogP contribution in [0, 0.1) is 5.92 Å². The van der Waals surface area contributed by atoms with Crippen LogP contribution in [0.25, 0.3) is 0 Å². The van der Waals surface area contributed by atoms with Crippen molar-refractivity contribution in [2.45, 2.75) is 80.4 Å². The van der Waals surface area contributed by atoms with Crippen LogP contribution < -0.4 is 5.32 Å². The normalized spacial score (nSPS) is 42.2. The van der Waals surface area contributed by atoms with Crippen LogP contribution in [0.3, 0.4) is 0 Å². The van der Waals surface area contributed by atoms with E-state index in [1.165, 1.54) is 0 Å². The summed E-state index contributed by atoms with van der Waals surface area (Å²) in [5.74, 6) is -3.72. The van der Waals surface area contributed by atoms with E-state index in [-0.39, 0.29) is 0 Å². The van der Waals surface area contributed by atoms with Crippen LogP contribution in [0.1, 0.15) is 19.8 Å². The van der Waals surface area contributed by atoms with Gasteiger partial charge >= 0.3 is 5.97 Å². The van der Waals surface area contributed by atoms with Crippen molar-refractivity contribution in [3.05, 3.63) is 0 Å². The predicted molar refractivity (Wildman–Crippen MR) is 101 cm³/mol. The highest BCUT2D eigenvalue weighted by molar-refractivity contribution is 5.78. The Labute approximate surface area is 182 Å². The van der Waals surface area contributed by atoms with Crippen molar-refractivity contribution in [2.24, 2.45) is 5.92 Å². The number of aliphatic hydroxyl groups excluding tert-OH is 8. The van der Waals surface area contributed by atoms with Gasteiger partial charge in [-0.2, -0.15) is 0 Å². The summed E-state index contributed by atoms with van der Waals surface area (Å²) in [7, 11) is 0. The molecule has 0 aromatic heterocycles. The lowest BCUT2D eigenvalue weighted by molar-refractivity contribution is -0.287. The molecule has 32 heavy (non-hydrogen) atoms. The molecular weight excluding hydrogens is 438 g/mol. The third-order valence-electron chi connectivity index (χ3n) is 5.96. The second-order valence-corrected chi connectivity index (χ2v) is 8.22. The third kappa shape index (κ3) is 5.36. The zero-order valence-electron chi connectivity index (χ0n) is 17.3. The van der Waals surface area contributed by atoms with E-state index in [2.05, 4.69) is 5.32 Å². The van der Waals surface area contributed by atoms with Gasteiger partial charge in [0.25, 0.3) is 0 Å². The summed E-state index contributed by atoms with van der Waals surface area (Å²) in [5, 5.41) is 92.2. The molecule has 0 radical (unpaired) electrons. The molecule has 0 aromatic carbocycles. The third-order valence-corrected chi connectivity index (χ3v) is 5.96. The first-order valence-corrected chi connectivity index (χ1v) is 10.0. The van der Waals surface area contributed by atoms with Gasteiger partial charge in [-0.3, -0.25) is 4.79 Å². The van der Waals surface area contributed by atoms with Gasteiger partial charge in [-0.15, -0.1) is 0 Å². The SMILES string of the molecule is CC(=O)N[C@H]1[C@H]([C@@H](O)[C@H](O)CO)O[C@@](C[C@H]2[C@@H](O)[C@@H](CO)OC(O)[C@@H]2O)(C(=O)O)C[C@@H]1O. The first kappa shape index (κ1) is 26.8. The van der Waals surface area contributed by atoms with Gasteiger partial charge in [0, 0.05) is 19.3 Å². The first-order chi connectivity index (χ1) is 14.9. The van der Waals surface area contributed by atoms with Gasteiger partial charge in [0.1, 0.15) is 30.5 Å². The summed E-state index contributed by atoms with van der Waals surface area (Å²) in [5.41, 5.74) is -2.36. The molecule has 1 unspecified atom stereocenters. The van der Waals surface area contributed by atoms with Crippen LogP contribution in [0.15, 0.2) is 0 Å². The molecule has 2 aliphatic heterocycles. The molecule has 2 aliphatic rings. The Bertz CT molecular complexity index is 665.